The highest BCUT2D eigenvalue weighted by Gasteiger charge is 2.36. The predicted molar refractivity (Wildman–Crippen MR) is 438 cm³/mol. The van der Waals surface area contributed by atoms with E-state index in [1.165, 1.54) is 28.3 Å². The van der Waals surface area contributed by atoms with E-state index in [-0.39, 0.29) is 5.92 Å². The zero-order valence-electron chi connectivity index (χ0n) is 66.8. The van der Waals surface area contributed by atoms with Crippen LogP contribution in [-0.2, 0) is 6.18 Å². The number of aryl methyl sites for hydroxylation is 3. The molecule has 5 heterocycles. The molecule has 0 unspecified atom stereocenters. The molecular weight excluding hydrogens is 1550 g/mol. The molecule has 0 amide bonds. The number of aromatic nitrogens is 12. The minimum atomic E-state index is -4.71. The summed E-state index contributed by atoms with van der Waals surface area (Å²) in [5.74, 6) is 5.96. The average Bonchev–Trinajstić information content (AvgIpc) is 1.73. The van der Waals surface area contributed by atoms with Crippen molar-refractivity contribution in [3.8, 4) is 62.9 Å². The molecule has 0 radical (unpaired) electrons. The number of halogens is 10. The minimum absolute atomic E-state index is 0.128. The highest BCUT2D eigenvalue weighted by Crippen LogP contribution is 2.41. The van der Waals surface area contributed by atoms with Gasteiger partial charge in [0.1, 0.15) is 34.4 Å². The molecule has 0 aliphatic rings. The summed E-state index contributed by atoms with van der Waals surface area (Å²) in [7, 11) is 6.56. The summed E-state index contributed by atoms with van der Waals surface area (Å²) in [6.07, 6.45) is 9.12. The second kappa shape index (κ2) is 42.9. The molecule has 0 bridgehead atoms. The number of benzene rings is 7. The lowest BCUT2D eigenvalue weighted by Crippen LogP contribution is -2.12. The molecular formula is C84H98Cl5F5N12O6. The molecule has 112 heavy (non-hydrogen) atoms. The van der Waals surface area contributed by atoms with E-state index in [2.05, 4.69) is 179 Å². The highest BCUT2D eigenvalue weighted by atomic mass is 35.5. The Morgan fingerprint density at radius 1 is 0.420 bits per heavy atom. The Labute approximate surface area is 678 Å². The van der Waals surface area contributed by atoms with Crippen molar-refractivity contribution >= 4 is 58.0 Å². The maximum Gasteiger partial charge on any atom is 0.419 e. The standard InChI is InChI=1S/C13H15ClN2O.C13H16N2O.C12H12Cl2N2.C12H14ClN3O.C12H15N3.C11H15ClO2.C11H11F5O/c1-9(2)10-7-11(14)12(8-13(10)17-3)16-6-4-5-15-16;1-8(2)11-5-9(3)6-12(7-11)13-14-10(4)16-15-13;1-8(2)9-6-10(13)12(11(14)7-9)16-5-3-4-15-16;1-8(2)9-6-10(13)11(7-12(9)17-3)16-5-4-14-15-16;1-9(2)11-6-10(3)7-12(8-11)15-13-4-5-14-15;1-7(2)8-5-9(12)11(14-4)6-10(8)13-3;1-6(2)7-3-4-9(17-10(12)13)8(5-7)11(14,15)16/h4-9H,1-3H3;5-8H,1-4H3;3-8H,1-2H3;4-8H,1-3H3;4-9H,1-3H3;5-7H,1-4H3;3-6,10H,1-2H3. The monoisotopic (exact) mass is 1640 g/mol. The van der Waals surface area contributed by atoms with Crippen LogP contribution in [0.1, 0.15) is 200 Å². The lowest BCUT2D eigenvalue weighted by molar-refractivity contribution is -0.141. The summed E-state index contributed by atoms with van der Waals surface area (Å²) in [6, 6.07) is 34.9. The summed E-state index contributed by atoms with van der Waals surface area (Å²) in [6.45, 7) is 31.7. The molecule has 12 aromatic rings. The van der Waals surface area contributed by atoms with Crippen molar-refractivity contribution in [2.24, 2.45) is 0 Å². The third-order valence-corrected chi connectivity index (χ3v) is 18.5. The van der Waals surface area contributed by atoms with Crippen LogP contribution >= 0.6 is 58.0 Å². The van der Waals surface area contributed by atoms with Gasteiger partial charge in [0.25, 0.3) is 0 Å². The number of rotatable bonds is 18. The molecule has 0 saturated carbocycles. The van der Waals surface area contributed by atoms with Gasteiger partial charge >= 0.3 is 12.8 Å². The van der Waals surface area contributed by atoms with Gasteiger partial charge in [0.15, 0.2) is 0 Å². The fraction of sp³-hybridized carbons (Fsp3) is 0.357. The van der Waals surface area contributed by atoms with Crippen LogP contribution in [0.2, 0.25) is 25.1 Å². The fourth-order valence-corrected chi connectivity index (χ4v) is 12.4. The molecule has 0 aliphatic carbocycles. The molecule has 28 heteroatoms. The van der Waals surface area contributed by atoms with E-state index >= 15 is 0 Å². The molecule has 0 aliphatic heterocycles. The SMILES string of the molecule is CC(C)c1cc(Cl)c(-n2cccn2)c(Cl)c1.CC(C)c1ccc(OC(F)F)c(C(F)(F)F)c1.COc1cc(-n2cccn2)c(Cl)cc1C(C)C.COc1cc(-n2ccnn2)c(Cl)cc1C(C)C.COc1cc(OC)c(C(C)C)cc1Cl.Cc1cc(-c2noc(C)n2)cc(C(C)C)c1.Cc1cc(C(C)C)cc(-n2nccn2)c1. The number of hydrogen-bond acceptors (Lipinski definition) is 14. The van der Waals surface area contributed by atoms with E-state index in [4.69, 9.17) is 81.5 Å². The third-order valence-electron chi connectivity index (χ3n) is 17.0. The van der Waals surface area contributed by atoms with E-state index in [0.29, 0.717) is 83.6 Å². The van der Waals surface area contributed by atoms with E-state index in [1.54, 1.807) is 105 Å². The fourth-order valence-electron chi connectivity index (χ4n) is 11.0. The van der Waals surface area contributed by atoms with Gasteiger partial charge in [0.05, 0.1) is 101 Å². The lowest BCUT2D eigenvalue weighted by atomic mass is 9.98. The van der Waals surface area contributed by atoms with Crippen LogP contribution in [0.4, 0.5) is 22.0 Å². The average molecular weight is 1640 g/mol. The number of hydrogen-bond donors (Lipinski definition) is 0. The first-order valence-corrected chi connectivity index (χ1v) is 37.9. The van der Waals surface area contributed by atoms with Crippen molar-refractivity contribution < 1.29 is 50.2 Å². The Kier molecular flexibility index (Phi) is 35.0. The minimum Gasteiger partial charge on any atom is -0.496 e. The van der Waals surface area contributed by atoms with Gasteiger partial charge in [-0.2, -0.15) is 52.1 Å². The third kappa shape index (κ3) is 26.3. The molecule has 7 aromatic carbocycles. The molecule has 5 aromatic heterocycles. The van der Waals surface area contributed by atoms with Gasteiger partial charge in [0, 0.05) is 55.5 Å². The second-order valence-corrected chi connectivity index (χ2v) is 29.8. The van der Waals surface area contributed by atoms with Gasteiger partial charge in [-0.05, 0) is 179 Å². The van der Waals surface area contributed by atoms with Crippen LogP contribution in [0.15, 0.2) is 169 Å². The van der Waals surface area contributed by atoms with Crippen molar-refractivity contribution in [1.82, 2.24) is 59.7 Å². The van der Waals surface area contributed by atoms with Crippen LogP contribution in [0.3, 0.4) is 0 Å². The second-order valence-electron chi connectivity index (χ2n) is 27.8. The lowest BCUT2D eigenvalue weighted by Gasteiger charge is -2.16. The highest BCUT2D eigenvalue weighted by molar-refractivity contribution is 6.38. The first-order chi connectivity index (χ1) is 52.9. The molecule has 12 rings (SSSR count). The maximum absolute atomic E-state index is 12.6. The molecule has 18 nitrogen and oxygen atoms in total. The largest absolute Gasteiger partial charge is 0.496 e. The van der Waals surface area contributed by atoms with Crippen molar-refractivity contribution in [1.29, 1.82) is 0 Å². The van der Waals surface area contributed by atoms with Gasteiger partial charge in [-0.3, -0.25) is 0 Å². The number of methoxy groups -OCH3 is 4. The Morgan fingerprint density at radius 3 is 1.31 bits per heavy atom. The Bertz CT molecular complexity index is 4760. The van der Waals surface area contributed by atoms with E-state index < -0.39 is 24.1 Å². The van der Waals surface area contributed by atoms with Crippen molar-refractivity contribution in [3.63, 3.8) is 0 Å². The van der Waals surface area contributed by atoms with Crippen LogP contribution in [-0.4, -0.2) is 94.7 Å². The van der Waals surface area contributed by atoms with E-state index in [9.17, 15) is 22.0 Å². The van der Waals surface area contributed by atoms with Crippen LogP contribution in [0.25, 0.3) is 34.1 Å². The topological polar surface area (TPSA) is 182 Å². The Balaban J connectivity index is 0.000000204. The van der Waals surface area contributed by atoms with Gasteiger partial charge in [-0.15, -0.1) is 5.10 Å². The van der Waals surface area contributed by atoms with E-state index in [1.807, 2.05) is 73.1 Å². The van der Waals surface area contributed by atoms with E-state index in [0.717, 1.165) is 79.9 Å². The molecule has 0 N–H and O–H groups in total. The summed E-state index contributed by atoms with van der Waals surface area (Å²) in [4.78, 5) is 5.90. The van der Waals surface area contributed by atoms with Gasteiger partial charge < -0.3 is 28.2 Å². The summed E-state index contributed by atoms with van der Waals surface area (Å²) in [5.41, 5.74) is 13.1. The predicted octanol–water partition coefficient (Wildman–Crippen LogP) is 25.1. The molecule has 0 spiro atoms. The molecule has 0 fully saturated rings. The number of ether oxygens (including phenoxy) is 5. The smallest absolute Gasteiger partial charge is 0.419 e. The number of nitrogens with zero attached hydrogens (tertiary/aromatic N) is 12. The number of alkyl halides is 5. The zero-order valence-corrected chi connectivity index (χ0v) is 70.6. The Hall–Kier alpha value is -9.52. The summed E-state index contributed by atoms with van der Waals surface area (Å²) < 4.78 is 96.8. The van der Waals surface area contributed by atoms with Crippen molar-refractivity contribution in [3.05, 3.63) is 251 Å². The first-order valence-electron chi connectivity index (χ1n) is 36.0. The quantitative estimate of drug-likeness (QED) is 0.0740. The molecule has 0 saturated heterocycles. The van der Waals surface area contributed by atoms with Crippen LogP contribution < -0.4 is 23.7 Å². The van der Waals surface area contributed by atoms with Gasteiger partial charge in [-0.25, -0.2) is 14.0 Å². The molecule has 600 valence electrons. The van der Waals surface area contributed by atoms with Gasteiger partial charge in [-0.1, -0.05) is 189 Å². The molecule has 0 atom stereocenters. The Morgan fingerprint density at radius 2 is 0.884 bits per heavy atom. The normalized spacial score (nSPS) is 11.1. The van der Waals surface area contributed by atoms with Crippen molar-refractivity contribution in [2.45, 2.75) is 172 Å². The first kappa shape index (κ1) is 91.4. The van der Waals surface area contributed by atoms with Gasteiger partial charge in [0.2, 0.25) is 11.7 Å². The maximum atomic E-state index is 12.6. The van der Waals surface area contributed by atoms with Crippen LogP contribution in [0.5, 0.6) is 28.7 Å². The summed E-state index contributed by atoms with van der Waals surface area (Å²) in [5, 5.41) is 31.4. The van der Waals surface area contributed by atoms with Crippen LogP contribution in [0, 0.1) is 20.8 Å². The zero-order chi connectivity index (χ0) is 83.0. The summed E-state index contributed by atoms with van der Waals surface area (Å²) >= 11 is 31.0. The van der Waals surface area contributed by atoms with Crippen molar-refractivity contribution in [2.75, 3.05) is 28.4 Å².